The van der Waals surface area contributed by atoms with Crippen LogP contribution in [0.2, 0.25) is 0 Å². The Morgan fingerprint density at radius 1 is 0.323 bits per heavy atom. The van der Waals surface area contributed by atoms with Crippen LogP contribution in [-0.2, 0) is 18.3 Å². The van der Waals surface area contributed by atoms with Gasteiger partial charge in [-0.3, -0.25) is 0 Å². The molecule has 0 atom stereocenters. The van der Waals surface area contributed by atoms with Crippen molar-refractivity contribution in [2.45, 2.75) is 0 Å². The molecule has 0 bridgehead atoms. The van der Waals surface area contributed by atoms with Crippen LogP contribution in [0.5, 0.6) is 0 Å². The molecule has 21 nitrogen and oxygen atoms in total. The highest BCUT2D eigenvalue weighted by atomic mass is 31.2. The molecule has 0 aliphatic carbocycles. The van der Waals surface area contributed by atoms with Gasteiger partial charge in [0.15, 0.2) is 0 Å². The lowest BCUT2D eigenvalue weighted by molar-refractivity contribution is 0.272. The molecule has 0 aromatic heterocycles. The average molecular weight is 648 g/mol. The monoisotopic (exact) mass is 648 g/mol. The standard InChI is InChI=1S/6Al.4H3O4P.5H2O.4H/c;;;;;;4*1-5(2,3)4;;;;;;;;;/h;;;;;;4*(H3,1,2,3,4);5*1H2;;;;. The fourth-order valence-corrected chi connectivity index (χ4v) is 0. The van der Waals surface area contributed by atoms with Crippen molar-refractivity contribution in [2.75, 3.05) is 0 Å². The van der Waals surface area contributed by atoms with Gasteiger partial charge >= 0.3 is 31.3 Å². The Kier molecular flexibility index (Phi) is 154. The predicted octanol–water partition coefficient (Wildman–Crippen LogP) is -11.2. The van der Waals surface area contributed by atoms with E-state index in [1.165, 1.54) is 0 Å². The lowest BCUT2D eigenvalue weighted by Crippen LogP contribution is -1.66. The van der Waals surface area contributed by atoms with E-state index < -0.39 is 31.3 Å². The van der Waals surface area contributed by atoms with E-state index in [0.29, 0.717) is 0 Å². The zero-order chi connectivity index (χ0) is 18.0. The van der Waals surface area contributed by atoms with Crippen LogP contribution >= 0.6 is 31.3 Å². The van der Waals surface area contributed by atoms with Crippen LogP contribution in [0.3, 0.4) is 0 Å². The van der Waals surface area contributed by atoms with Crippen molar-refractivity contribution in [3.63, 3.8) is 0 Å². The summed E-state index contributed by atoms with van der Waals surface area (Å²) in [5, 5.41) is 0. The molecule has 0 aromatic rings. The second kappa shape index (κ2) is 46.7. The molecule has 0 amide bonds. The van der Waals surface area contributed by atoms with Crippen molar-refractivity contribution in [1.82, 2.24) is 0 Å². The third kappa shape index (κ3) is 2800. The molecule has 0 rings (SSSR count). The van der Waals surface area contributed by atoms with Gasteiger partial charge in [-0.1, -0.05) is 0 Å². The fourth-order valence-electron chi connectivity index (χ4n) is 0. The molecular formula is H26Al6O21P4. The molecule has 22 N–H and O–H groups in total. The van der Waals surface area contributed by atoms with Crippen molar-refractivity contribution in [3.8, 4) is 0 Å². The summed E-state index contributed by atoms with van der Waals surface area (Å²) in [6.07, 6.45) is 0. The minimum Gasteiger partial charge on any atom is -0.412 e. The molecule has 0 aromatic carbocycles. The molecule has 0 aliphatic heterocycles. The Hall–Kier alpha value is 3.43. The third-order valence-corrected chi connectivity index (χ3v) is 0. The first-order valence-electron chi connectivity index (χ1n) is 3.13. The second-order valence-electron chi connectivity index (χ2n) is 2.05. The lowest BCUT2D eigenvalue weighted by atomic mass is 15.8. The minimum atomic E-state index is -4.64. The van der Waals surface area contributed by atoms with Crippen LogP contribution in [0, 0.1) is 0 Å². The zero-order valence-electron chi connectivity index (χ0n) is 15.4. The Morgan fingerprint density at radius 2 is 0.323 bits per heavy atom. The Bertz CT molecular complexity index is 303. The average Bonchev–Trinajstić information content (AvgIpc) is 1.62. The first-order valence-corrected chi connectivity index (χ1v) is 9.39. The van der Waals surface area contributed by atoms with Crippen LogP contribution < -0.4 is 0 Å². The van der Waals surface area contributed by atoms with Gasteiger partial charge in [-0.05, 0) is 0 Å². The van der Waals surface area contributed by atoms with E-state index in [1.807, 2.05) is 0 Å². The maximum Gasteiger partial charge on any atom is 0.466 e. The summed E-state index contributed by atoms with van der Waals surface area (Å²) in [4.78, 5) is 86.2. The van der Waals surface area contributed by atoms with Crippen molar-refractivity contribution < 1.29 is 104 Å². The molecule has 31 heteroatoms. The number of hydrogen-bond acceptors (Lipinski definition) is 4. The van der Waals surface area contributed by atoms with E-state index in [4.69, 9.17) is 77.0 Å². The Labute approximate surface area is 238 Å². The number of hydrogen-bond donors (Lipinski definition) is 12. The van der Waals surface area contributed by atoms with Gasteiger partial charge in [0.25, 0.3) is 0 Å². The summed E-state index contributed by atoms with van der Waals surface area (Å²) in [6.45, 7) is 0. The highest BCUT2D eigenvalue weighted by Crippen LogP contribution is 2.27. The SMILES string of the molecule is O.O.O.O.O.O=P(O)(O)O.O=P(O)(O)O.O=P(O)(O)O.O=P(O)(O)O.[AlH2].[AlH].[AlH].[Al].[Al].[Al]. The van der Waals surface area contributed by atoms with E-state index >= 15 is 0 Å². The Balaban J connectivity index is -0.00000000757. The lowest BCUT2D eigenvalue weighted by Gasteiger charge is -1.82. The van der Waals surface area contributed by atoms with Crippen LogP contribution in [0.1, 0.15) is 0 Å². The summed E-state index contributed by atoms with van der Waals surface area (Å²) in [5.41, 5.74) is 0. The van der Waals surface area contributed by atoms with Gasteiger partial charge in [0.1, 0.15) is 17.4 Å². The zero-order valence-corrected chi connectivity index (χ0v) is 27.3. The van der Waals surface area contributed by atoms with Gasteiger partial charge < -0.3 is 86.1 Å². The normalized spacial score (nSPS) is 7.61. The van der Waals surface area contributed by atoms with Gasteiger partial charge in [0, 0.05) is 52.1 Å². The molecule has 14 radical (unpaired) electrons. The molecule has 0 heterocycles. The van der Waals surface area contributed by atoms with E-state index in [9.17, 15) is 0 Å². The van der Waals surface area contributed by atoms with Gasteiger partial charge in [-0.25, -0.2) is 18.3 Å². The fraction of sp³-hybridized carbons (Fsp3) is 0. The molecule has 0 saturated carbocycles. The highest BCUT2D eigenvalue weighted by Gasteiger charge is 2.01. The van der Waals surface area contributed by atoms with Crippen molar-refractivity contribution in [2.24, 2.45) is 0 Å². The van der Waals surface area contributed by atoms with E-state index in [0.717, 1.165) is 0 Å². The minimum absolute atomic E-state index is 0. The van der Waals surface area contributed by atoms with Gasteiger partial charge in [0.2, 0.25) is 0 Å². The second-order valence-corrected chi connectivity index (χ2v) is 6.16. The van der Waals surface area contributed by atoms with Crippen molar-refractivity contribution in [1.29, 1.82) is 0 Å². The first-order chi connectivity index (χ1) is 8.00. The van der Waals surface area contributed by atoms with Crippen LogP contribution in [-0.4, -0.2) is 190 Å². The summed E-state index contributed by atoms with van der Waals surface area (Å²) >= 11 is 0. The highest BCUT2D eigenvalue weighted by molar-refractivity contribution is 7.45. The molecule has 190 valence electrons. The van der Waals surface area contributed by atoms with E-state index in [1.54, 1.807) is 0 Å². The number of rotatable bonds is 0. The largest absolute Gasteiger partial charge is 0.466 e. The molecule has 0 spiro atoms. The van der Waals surface area contributed by atoms with Gasteiger partial charge in [-0.15, -0.1) is 0 Å². The summed E-state index contributed by atoms with van der Waals surface area (Å²) in [6, 6.07) is 0. The maximum atomic E-state index is 8.88. The quantitative estimate of drug-likeness (QED) is 0.0857. The predicted molar refractivity (Wildman–Crippen MR) is 115 cm³/mol. The molecule has 0 unspecified atom stereocenters. The molecule has 31 heavy (non-hydrogen) atoms. The summed E-state index contributed by atoms with van der Waals surface area (Å²) < 4.78 is 35.5. The van der Waals surface area contributed by atoms with Crippen molar-refractivity contribution >= 4 is 135 Å². The first kappa shape index (κ1) is 102. The molecule has 0 saturated heterocycles. The van der Waals surface area contributed by atoms with E-state index in [-0.39, 0.29) is 132 Å². The smallest absolute Gasteiger partial charge is 0.412 e. The molecule has 0 aliphatic rings. The van der Waals surface area contributed by atoms with Crippen LogP contribution in [0.25, 0.3) is 0 Å². The molecule has 0 fully saturated rings. The van der Waals surface area contributed by atoms with Crippen molar-refractivity contribution in [3.05, 3.63) is 0 Å². The van der Waals surface area contributed by atoms with Crippen LogP contribution in [0.15, 0.2) is 0 Å². The summed E-state index contributed by atoms with van der Waals surface area (Å²) in [5.74, 6) is 0. The molecular weight excluding hydrogens is 622 g/mol. The van der Waals surface area contributed by atoms with Crippen LogP contribution in [0.4, 0.5) is 0 Å². The Morgan fingerprint density at radius 3 is 0.323 bits per heavy atom. The summed E-state index contributed by atoms with van der Waals surface area (Å²) in [7, 11) is -18.6. The van der Waals surface area contributed by atoms with E-state index in [2.05, 4.69) is 0 Å². The number of phosphoric acid groups is 4. The third-order valence-electron chi connectivity index (χ3n) is 0. The maximum absolute atomic E-state index is 8.88. The topological polar surface area (TPSA) is 469 Å². The van der Waals surface area contributed by atoms with Gasteiger partial charge in [0.05, 0.1) is 34.7 Å². The van der Waals surface area contributed by atoms with Gasteiger partial charge in [-0.2, -0.15) is 0 Å².